The summed E-state index contributed by atoms with van der Waals surface area (Å²) in [5, 5.41) is 0.930. The van der Waals surface area contributed by atoms with Gasteiger partial charge in [-0.25, -0.2) is 4.98 Å². The highest BCUT2D eigenvalue weighted by Gasteiger charge is 2.14. The van der Waals surface area contributed by atoms with Gasteiger partial charge in [0.2, 0.25) is 0 Å². The molecule has 0 unspecified atom stereocenters. The number of carbonyl (C=O) groups is 1. The number of thiazole rings is 1. The summed E-state index contributed by atoms with van der Waals surface area (Å²) in [4.78, 5) is 16.6. The van der Waals surface area contributed by atoms with Crippen LogP contribution in [0.5, 0.6) is 0 Å². The number of ketones is 1. The van der Waals surface area contributed by atoms with Crippen LogP contribution in [0.4, 0.5) is 0 Å². The average Bonchev–Trinajstić information content (AvgIpc) is 2.62. The summed E-state index contributed by atoms with van der Waals surface area (Å²) in [5.41, 5.74) is 1.82. The fourth-order valence-corrected chi connectivity index (χ4v) is 2.29. The Kier molecular flexibility index (Phi) is 2.64. The lowest BCUT2D eigenvalue weighted by Gasteiger charge is -1.98. The molecule has 0 aliphatic rings. The standard InChI is InChI=1S/C12H11NOS/c1-8(14)12-11(13-9(2)15-12)10-6-4-3-5-7-10/h3-7H,1-2H3. The predicted molar refractivity (Wildman–Crippen MR) is 62.3 cm³/mol. The topological polar surface area (TPSA) is 30.0 Å². The lowest BCUT2D eigenvalue weighted by molar-refractivity contribution is 0.102. The summed E-state index contributed by atoms with van der Waals surface area (Å²) in [6.07, 6.45) is 0. The van der Waals surface area contributed by atoms with Crippen LogP contribution in [-0.4, -0.2) is 10.8 Å². The molecule has 2 nitrogen and oxygen atoms in total. The first-order chi connectivity index (χ1) is 7.18. The van der Waals surface area contributed by atoms with Crippen molar-refractivity contribution in [2.75, 3.05) is 0 Å². The first kappa shape index (κ1) is 10.1. The number of benzene rings is 1. The molecule has 1 aromatic heterocycles. The van der Waals surface area contributed by atoms with E-state index in [2.05, 4.69) is 4.98 Å². The molecule has 3 heteroatoms. The normalized spacial score (nSPS) is 10.3. The van der Waals surface area contributed by atoms with Crippen molar-refractivity contribution in [3.63, 3.8) is 0 Å². The molecular formula is C12H11NOS. The van der Waals surface area contributed by atoms with Crippen LogP contribution in [0, 0.1) is 6.92 Å². The van der Waals surface area contributed by atoms with E-state index in [1.54, 1.807) is 6.92 Å². The maximum Gasteiger partial charge on any atom is 0.172 e. The van der Waals surface area contributed by atoms with Crippen molar-refractivity contribution in [1.82, 2.24) is 4.98 Å². The van der Waals surface area contributed by atoms with Gasteiger partial charge < -0.3 is 0 Å². The van der Waals surface area contributed by atoms with Gasteiger partial charge in [-0.3, -0.25) is 4.79 Å². The van der Waals surface area contributed by atoms with E-state index in [0.717, 1.165) is 21.1 Å². The molecule has 2 rings (SSSR count). The first-order valence-corrected chi connectivity index (χ1v) is 5.54. The summed E-state index contributed by atoms with van der Waals surface area (Å²) in [6.45, 7) is 3.50. The maximum absolute atomic E-state index is 11.4. The van der Waals surface area contributed by atoms with Crippen molar-refractivity contribution in [3.05, 3.63) is 40.2 Å². The van der Waals surface area contributed by atoms with Crippen LogP contribution in [-0.2, 0) is 0 Å². The minimum atomic E-state index is 0.0828. The number of rotatable bonds is 2. The van der Waals surface area contributed by atoms with Crippen LogP contribution in [0.15, 0.2) is 30.3 Å². The van der Waals surface area contributed by atoms with Crippen LogP contribution >= 0.6 is 11.3 Å². The molecule has 0 saturated carbocycles. The van der Waals surface area contributed by atoms with Gasteiger partial charge in [0.05, 0.1) is 15.6 Å². The number of carbonyl (C=O) groups excluding carboxylic acids is 1. The van der Waals surface area contributed by atoms with Gasteiger partial charge >= 0.3 is 0 Å². The molecule has 0 radical (unpaired) electrons. The number of hydrogen-bond donors (Lipinski definition) is 0. The van der Waals surface area contributed by atoms with Gasteiger partial charge in [-0.2, -0.15) is 0 Å². The molecule has 0 atom stereocenters. The molecule has 1 aromatic carbocycles. The summed E-state index contributed by atoms with van der Waals surface area (Å²) in [7, 11) is 0. The van der Waals surface area contributed by atoms with E-state index < -0.39 is 0 Å². The minimum Gasteiger partial charge on any atom is -0.294 e. The third-order valence-electron chi connectivity index (χ3n) is 2.10. The Labute approximate surface area is 92.6 Å². The Balaban J connectivity index is 2.58. The molecule has 0 saturated heterocycles. The van der Waals surface area contributed by atoms with E-state index in [1.807, 2.05) is 37.3 Å². The number of nitrogens with zero attached hydrogens (tertiary/aromatic N) is 1. The van der Waals surface area contributed by atoms with Gasteiger partial charge in [0, 0.05) is 12.5 Å². The van der Waals surface area contributed by atoms with E-state index in [0.29, 0.717) is 0 Å². The van der Waals surface area contributed by atoms with Gasteiger partial charge in [0.25, 0.3) is 0 Å². The van der Waals surface area contributed by atoms with Crippen molar-refractivity contribution in [1.29, 1.82) is 0 Å². The van der Waals surface area contributed by atoms with Crippen molar-refractivity contribution in [2.24, 2.45) is 0 Å². The molecule has 0 aliphatic heterocycles. The van der Waals surface area contributed by atoms with E-state index >= 15 is 0 Å². The van der Waals surface area contributed by atoms with E-state index in [9.17, 15) is 4.79 Å². The Morgan fingerprint density at radius 1 is 1.27 bits per heavy atom. The molecule has 0 aliphatic carbocycles. The Morgan fingerprint density at radius 3 is 2.53 bits per heavy atom. The lowest BCUT2D eigenvalue weighted by atomic mass is 10.1. The minimum absolute atomic E-state index is 0.0828. The Morgan fingerprint density at radius 2 is 1.93 bits per heavy atom. The zero-order chi connectivity index (χ0) is 10.8. The smallest absolute Gasteiger partial charge is 0.172 e. The fraction of sp³-hybridized carbons (Fsp3) is 0.167. The Bertz CT molecular complexity index is 488. The van der Waals surface area contributed by atoms with Crippen LogP contribution in [0.3, 0.4) is 0 Å². The highest BCUT2D eigenvalue weighted by atomic mass is 32.1. The first-order valence-electron chi connectivity index (χ1n) is 4.72. The summed E-state index contributed by atoms with van der Waals surface area (Å²) in [6, 6.07) is 9.81. The molecule has 0 amide bonds. The second-order valence-corrected chi connectivity index (χ2v) is 4.54. The number of Topliss-reactive ketones (excluding diaryl/α,β-unsaturated/α-hetero) is 1. The zero-order valence-corrected chi connectivity index (χ0v) is 9.47. The van der Waals surface area contributed by atoms with Gasteiger partial charge in [-0.1, -0.05) is 30.3 Å². The van der Waals surface area contributed by atoms with E-state index in [1.165, 1.54) is 11.3 Å². The SMILES string of the molecule is CC(=O)c1sc(C)nc1-c1ccccc1. The monoisotopic (exact) mass is 217 g/mol. The van der Waals surface area contributed by atoms with Gasteiger partial charge in [-0.15, -0.1) is 11.3 Å². The van der Waals surface area contributed by atoms with Crippen LogP contribution in [0.25, 0.3) is 11.3 Å². The third kappa shape index (κ3) is 1.97. The molecule has 15 heavy (non-hydrogen) atoms. The lowest BCUT2D eigenvalue weighted by Crippen LogP contribution is -1.91. The molecule has 1 heterocycles. The Hall–Kier alpha value is -1.48. The quantitative estimate of drug-likeness (QED) is 0.722. The largest absolute Gasteiger partial charge is 0.294 e. The summed E-state index contributed by atoms with van der Waals surface area (Å²) < 4.78 is 0. The molecule has 0 spiro atoms. The molecule has 2 aromatic rings. The van der Waals surface area contributed by atoms with Crippen molar-refractivity contribution in [3.8, 4) is 11.3 Å². The van der Waals surface area contributed by atoms with E-state index in [-0.39, 0.29) is 5.78 Å². The van der Waals surface area contributed by atoms with Crippen LogP contribution < -0.4 is 0 Å². The number of hydrogen-bond acceptors (Lipinski definition) is 3. The van der Waals surface area contributed by atoms with Gasteiger partial charge in [0.15, 0.2) is 5.78 Å². The highest BCUT2D eigenvalue weighted by Crippen LogP contribution is 2.27. The second kappa shape index (κ2) is 3.95. The van der Waals surface area contributed by atoms with Crippen LogP contribution in [0.2, 0.25) is 0 Å². The number of aryl methyl sites for hydroxylation is 1. The molecule has 0 fully saturated rings. The van der Waals surface area contributed by atoms with Gasteiger partial charge in [0.1, 0.15) is 0 Å². The maximum atomic E-state index is 11.4. The summed E-state index contributed by atoms with van der Waals surface area (Å²) >= 11 is 1.46. The third-order valence-corrected chi connectivity index (χ3v) is 3.17. The molecule has 76 valence electrons. The van der Waals surface area contributed by atoms with Crippen molar-refractivity contribution in [2.45, 2.75) is 13.8 Å². The van der Waals surface area contributed by atoms with Gasteiger partial charge in [-0.05, 0) is 6.92 Å². The average molecular weight is 217 g/mol. The zero-order valence-electron chi connectivity index (χ0n) is 8.65. The highest BCUT2D eigenvalue weighted by molar-refractivity contribution is 7.14. The number of aromatic nitrogens is 1. The molecule has 0 N–H and O–H groups in total. The molecule has 0 bridgehead atoms. The van der Waals surface area contributed by atoms with Crippen molar-refractivity contribution < 1.29 is 4.79 Å². The second-order valence-electron chi connectivity index (χ2n) is 3.33. The fourth-order valence-electron chi connectivity index (χ4n) is 1.46. The van der Waals surface area contributed by atoms with E-state index in [4.69, 9.17) is 0 Å². The van der Waals surface area contributed by atoms with Crippen LogP contribution in [0.1, 0.15) is 21.6 Å². The predicted octanol–water partition coefficient (Wildman–Crippen LogP) is 3.32. The molecular weight excluding hydrogens is 206 g/mol. The van der Waals surface area contributed by atoms with Crippen molar-refractivity contribution >= 4 is 17.1 Å². The summed E-state index contributed by atoms with van der Waals surface area (Å²) in [5.74, 6) is 0.0828.